The molecule has 0 radical (unpaired) electrons. The van der Waals surface area contributed by atoms with Crippen molar-refractivity contribution in [1.29, 1.82) is 5.26 Å². The second kappa shape index (κ2) is 7.36. The molecular weight excluding hydrogens is 320 g/mol. The molecule has 1 aliphatic rings. The van der Waals surface area contributed by atoms with Gasteiger partial charge in [-0.15, -0.1) is 0 Å². The zero-order valence-electron chi connectivity index (χ0n) is 13.1. The third kappa shape index (κ3) is 3.70. The fourth-order valence-electron chi connectivity index (χ4n) is 2.41. The van der Waals surface area contributed by atoms with Crippen molar-refractivity contribution >= 4 is 23.2 Å². The van der Waals surface area contributed by atoms with Gasteiger partial charge in [-0.05, 0) is 17.7 Å². The van der Waals surface area contributed by atoms with E-state index in [0.717, 1.165) is 5.56 Å². The average molecular weight is 334 g/mol. The SMILES string of the molecule is N#C[C@H](C(=O)Nc1ccccn1)C(=O)C1=NO[C@H](c2ccccc2)C1. The summed E-state index contributed by atoms with van der Waals surface area (Å²) in [5.74, 6) is -2.63. The first-order chi connectivity index (χ1) is 12.2. The van der Waals surface area contributed by atoms with Crippen LogP contribution < -0.4 is 5.32 Å². The van der Waals surface area contributed by atoms with Crippen molar-refractivity contribution in [2.24, 2.45) is 11.1 Å². The highest BCUT2D eigenvalue weighted by molar-refractivity contribution is 6.45. The van der Waals surface area contributed by atoms with Crippen molar-refractivity contribution < 1.29 is 14.4 Å². The van der Waals surface area contributed by atoms with Crippen LogP contribution in [0.4, 0.5) is 5.82 Å². The molecule has 3 rings (SSSR count). The first-order valence-corrected chi connectivity index (χ1v) is 7.62. The molecule has 1 aromatic heterocycles. The van der Waals surface area contributed by atoms with Crippen LogP contribution >= 0.6 is 0 Å². The van der Waals surface area contributed by atoms with Gasteiger partial charge in [-0.1, -0.05) is 41.6 Å². The number of carbonyl (C=O) groups excluding carboxylic acids is 2. The third-order valence-corrected chi connectivity index (χ3v) is 3.69. The molecule has 0 fully saturated rings. The molecule has 0 aliphatic carbocycles. The van der Waals surface area contributed by atoms with E-state index in [2.05, 4.69) is 15.5 Å². The summed E-state index contributed by atoms with van der Waals surface area (Å²) in [5, 5.41) is 15.5. The van der Waals surface area contributed by atoms with Crippen LogP contribution in [-0.2, 0) is 14.4 Å². The van der Waals surface area contributed by atoms with Gasteiger partial charge in [0.1, 0.15) is 11.5 Å². The highest BCUT2D eigenvalue weighted by Crippen LogP contribution is 2.28. The summed E-state index contributed by atoms with van der Waals surface area (Å²) in [5.41, 5.74) is 0.956. The molecule has 0 unspecified atom stereocenters. The Morgan fingerprint density at radius 2 is 1.96 bits per heavy atom. The first-order valence-electron chi connectivity index (χ1n) is 7.62. The van der Waals surface area contributed by atoms with Crippen LogP contribution in [0.15, 0.2) is 59.9 Å². The molecule has 124 valence electrons. The lowest BCUT2D eigenvalue weighted by Gasteiger charge is -2.09. The number of nitriles is 1. The lowest BCUT2D eigenvalue weighted by Crippen LogP contribution is -2.33. The standard InChI is InChI=1S/C18H14N4O3/c19-11-13(18(24)21-16-8-4-5-9-20-16)17(23)14-10-15(25-22-14)12-6-2-1-3-7-12/h1-9,13,15H,10H2,(H,20,21,24)/t13-,15-/m0/s1. The number of hydrogen-bond acceptors (Lipinski definition) is 6. The van der Waals surface area contributed by atoms with Crippen LogP contribution in [0, 0.1) is 17.2 Å². The van der Waals surface area contributed by atoms with Crippen molar-refractivity contribution in [3.8, 4) is 6.07 Å². The molecule has 1 aliphatic heterocycles. The number of ketones is 1. The molecule has 25 heavy (non-hydrogen) atoms. The summed E-state index contributed by atoms with van der Waals surface area (Å²) in [6.07, 6.45) is 1.33. The molecular formula is C18H14N4O3. The van der Waals surface area contributed by atoms with Crippen LogP contribution in [0.3, 0.4) is 0 Å². The molecule has 0 saturated heterocycles. The monoisotopic (exact) mass is 334 g/mol. The average Bonchev–Trinajstić information content (AvgIpc) is 3.14. The smallest absolute Gasteiger partial charge is 0.250 e. The molecule has 1 amide bonds. The van der Waals surface area contributed by atoms with Gasteiger partial charge in [-0.2, -0.15) is 5.26 Å². The van der Waals surface area contributed by atoms with Crippen LogP contribution in [0.5, 0.6) is 0 Å². The number of Topliss-reactive ketones (excluding diaryl/α,β-unsaturated/α-hetero) is 1. The minimum Gasteiger partial charge on any atom is -0.387 e. The number of benzene rings is 1. The van der Waals surface area contributed by atoms with Crippen molar-refractivity contribution in [2.75, 3.05) is 5.32 Å². The maximum atomic E-state index is 12.5. The van der Waals surface area contributed by atoms with Crippen LogP contribution in [-0.4, -0.2) is 22.4 Å². The molecule has 0 bridgehead atoms. The summed E-state index contributed by atoms with van der Waals surface area (Å²) < 4.78 is 0. The maximum Gasteiger partial charge on any atom is 0.250 e. The van der Waals surface area contributed by atoms with Crippen molar-refractivity contribution in [3.05, 3.63) is 60.3 Å². The molecule has 7 heteroatoms. The van der Waals surface area contributed by atoms with Crippen molar-refractivity contribution in [3.63, 3.8) is 0 Å². The van der Waals surface area contributed by atoms with Crippen LogP contribution in [0.2, 0.25) is 0 Å². The fourth-order valence-corrected chi connectivity index (χ4v) is 2.41. The van der Waals surface area contributed by atoms with E-state index in [1.807, 2.05) is 30.3 Å². The molecule has 0 saturated carbocycles. The zero-order valence-corrected chi connectivity index (χ0v) is 13.1. The van der Waals surface area contributed by atoms with E-state index in [-0.39, 0.29) is 18.0 Å². The van der Waals surface area contributed by atoms with Gasteiger partial charge in [0.25, 0.3) is 5.91 Å². The Hall–Kier alpha value is -3.53. The Morgan fingerprint density at radius 3 is 2.64 bits per heavy atom. The van der Waals surface area contributed by atoms with Gasteiger partial charge in [0.05, 0.1) is 6.07 Å². The quantitative estimate of drug-likeness (QED) is 0.844. The summed E-state index contributed by atoms with van der Waals surface area (Å²) in [6, 6.07) is 16.0. The molecule has 2 atom stereocenters. The van der Waals surface area contributed by atoms with E-state index in [0.29, 0.717) is 0 Å². The number of carbonyl (C=O) groups is 2. The van der Waals surface area contributed by atoms with E-state index < -0.39 is 23.7 Å². The minimum absolute atomic E-state index is 0.0802. The topological polar surface area (TPSA) is 104 Å². The molecule has 7 nitrogen and oxygen atoms in total. The lowest BCUT2D eigenvalue weighted by molar-refractivity contribution is -0.125. The summed E-state index contributed by atoms with van der Waals surface area (Å²) >= 11 is 0. The van der Waals surface area contributed by atoms with Crippen LogP contribution in [0.25, 0.3) is 0 Å². The Labute approximate surface area is 143 Å². The Bertz CT molecular complexity index is 844. The minimum atomic E-state index is -1.50. The van der Waals surface area contributed by atoms with E-state index >= 15 is 0 Å². The predicted octanol–water partition coefficient (Wildman–Crippen LogP) is 2.25. The first kappa shape index (κ1) is 16.3. The second-order valence-corrected chi connectivity index (χ2v) is 5.38. The fraction of sp³-hybridized carbons (Fsp3) is 0.167. The number of amides is 1. The molecule has 1 N–H and O–H groups in total. The second-order valence-electron chi connectivity index (χ2n) is 5.38. The van der Waals surface area contributed by atoms with Gasteiger partial charge in [0.2, 0.25) is 5.78 Å². The highest BCUT2D eigenvalue weighted by atomic mass is 16.6. The summed E-state index contributed by atoms with van der Waals surface area (Å²) in [4.78, 5) is 33.9. The number of anilines is 1. The Kier molecular flexibility index (Phi) is 4.81. The Balaban J connectivity index is 1.67. The summed E-state index contributed by atoms with van der Waals surface area (Å²) in [6.45, 7) is 0. The van der Waals surface area contributed by atoms with Gasteiger partial charge in [0.15, 0.2) is 12.0 Å². The number of nitrogens with zero attached hydrogens (tertiary/aromatic N) is 3. The lowest BCUT2D eigenvalue weighted by atomic mass is 9.96. The van der Waals surface area contributed by atoms with Gasteiger partial charge < -0.3 is 10.2 Å². The highest BCUT2D eigenvalue weighted by Gasteiger charge is 2.35. The molecule has 2 heterocycles. The van der Waals surface area contributed by atoms with E-state index in [9.17, 15) is 14.9 Å². The van der Waals surface area contributed by atoms with Gasteiger partial charge in [0, 0.05) is 12.6 Å². The number of pyridine rings is 1. The molecule has 2 aromatic rings. The molecule has 0 spiro atoms. The number of oxime groups is 1. The number of hydrogen-bond donors (Lipinski definition) is 1. The normalized spacial score (nSPS) is 16.9. The van der Waals surface area contributed by atoms with E-state index in [4.69, 9.17) is 4.84 Å². The predicted molar refractivity (Wildman–Crippen MR) is 89.3 cm³/mol. The largest absolute Gasteiger partial charge is 0.387 e. The van der Waals surface area contributed by atoms with Crippen molar-refractivity contribution in [2.45, 2.75) is 12.5 Å². The van der Waals surface area contributed by atoms with Gasteiger partial charge in [-0.25, -0.2) is 4.98 Å². The van der Waals surface area contributed by atoms with E-state index in [1.54, 1.807) is 24.3 Å². The summed E-state index contributed by atoms with van der Waals surface area (Å²) in [7, 11) is 0. The third-order valence-electron chi connectivity index (χ3n) is 3.69. The number of nitrogens with one attached hydrogen (secondary N) is 1. The van der Waals surface area contributed by atoms with Gasteiger partial charge >= 0.3 is 0 Å². The van der Waals surface area contributed by atoms with Gasteiger partial charge in [-0.3, -0.25) is 9.59 Å². The number of rotatable bonds is 5. The van der Waals surface area contributed by atoms with Crippen molar-refractivity contribution in [1.82, 2.24) is 4.98 Å². The Morgan fingerprint density at radius 1 is 1.20 bits per heavy atom. The maximum absolute atomic E-state index is 12.5. The van der Waals surface area contributed by atoms with Crippen LogP contribution in [0.1, 0.15) is 18.1 Å². The van der Waals surface area contributed by atoms with E-state index in [1.165, 1.54) is 6.20 Å². The zero-order chi connectivity index (χ0) is 17.6. The number of aromatic nitrogens is 1. The molecule has 1 aromatic carbocycles.